The molecule has 0 aliphatic rings. The molecule has 0 unspecified atom stereocenters. The minimum Gasteiger partial charge on any atom is -0.507 e. The van der Waals surface area contributed by atoms with Crippen molar-refractivity contribution in [1.29, 1.82) is 0 Å². The summed E-state index contributed by atoms with van der Waals surface area (Å²) in [5.74, 6) is -0.310. The van der Waals surface area contributed by atoms with E-state index in [2.05, 4.69) is 0 Å². The molecule has 2 aromatic rings. The second-order valence-corrected chi connectivity index (χ2v) is 6.03. The monoisotopic (exact) mass is 358 g/mol. The lowest BCUT2D eigenvalue weighted by Gasteiger charge is -2.15. The van der Waals surface area contributed by atoms with Crippen LogP contribution in [0.15, 0.2) is 36.4 Å². The van der Waals surface area contributed by atoms with Crippen LogP contribution in [-0.2, 0) is 0 Å². The Labute approximate surface area is 154 Å². The minimum absolute atomic E-state index is 0.0328. The van der Waals surface area contributed by atoms with Gasteiger partial charge in [0.25, 0.3) is 0 Å². The summed E-state index contributed by atoms with van der Waals surface area (Å²) in [4.78, 5) is 13.1. The van der Waals surface area contributed by atoms with Crippen LogP contribution in [0.25, 0.3) is 0 Å². The van der Waals surface area contributed by atoms with E-state index < -0.39 is 5.78 Å². The molecule has 0 amide bonds. The minimum atomic E-state index is -0.529. The molecule has 2 N–H and O–H groups in total. The van der Waals surface area contributed by atoms with Crippen molar-refractivity contribution in [2.45, 2.75) is 39.5 Å². The summed E-state index contributed by atoms with van der Waals surface area (Å²) in [5, 5.41) is 20.5. The topological polar surface area (TPSA) is 76.0 Å². The third kappa shape index (κ3) is 4.69. The quantitative estimate of drug-likeness (QED) is 0.476. The maximum Gasteiger partial charge on any atom is 0.207 e. The van der Waals surface area contributed by atoms with Crippen molar-refractivity contribution in [3.05, 3.63) is 47.5 Å². The Kier molecular flexibility index (Phi) is 7.33. The van der Waals surface area contributed by atoms with Crippen molar-refractivity contribution >= 4 is 5.78 Å². The van der Waals surface area contributed by atoms with E-state index in [1.165, 1.54) is 12.1 Å². The van der Waals surface area contributed by atoms with Crippen molar-refractivity contribution in [3.8, 4) is 23.0 Å². The molecule has 0 aliphatic heterocycles. The Bertz CT molecular complexity index is 678. The van der Waals surface area contributed by atoms with Crippen molar-refractivity contribution in [3.63, 3.8) is 0 Å². The molecule has 0 heterocycles. The number of phenolic OH excluding ortho intramolecular Hbond substituents is 2. The third-order valence-corrected chi connectivity index (χ3v) is 3.97. The SMILES string of the molecule is CCCCOc1cccc(O)c1C(=O)c1c(O)cccc1OCCCC. The fourth-order valence-corrected chi connectivity index (χ4v) is 2.51. The van der Waals surface area contributed by atoms with Crippen LogP contribution in [0.1, 0.15) is 55.5 Å². The number of benzene rings is 2. The summed E-state index contributed by atoms with van der Waals surface area (Å²) in [5.41, 5.74) is 0.0656. The van der Waals surface area contributed by atoms with E-state index in [9.17, 15) is 15.0 Å². The Morgan fingerprint density at radius 1 is 0.808 bits per heavy atom. The Morgan fingerprint density at radius 2 is 1.23 bits per heavy atom. The normalized spacial score (nSPS) is 10.5. The van der Waals surface area contributed by atoms with Crippen LogP contribution in [0.4, 0.5) is 0 Å². The molecule has 0 radical (unpaired) electrons. The molecule has 0 bridgehead atoms. The summed E-state index contributed by atoms with van der Waals surface area (Å²) in [7, 11) is 0. The van der Waals surface area contributed by atoms with E-state index in [-0.39, 0.29) is 22.6 Å². The van der Waals surface area contributed by atoms with Gasteiger partial charge < -0.3 is 19.7 Å². The largest absolute Gasteiger partial charge is 0.507 e. The number of hydrogen-bond acceptors (Lipinski definition) is 5. The molecule has 2 aromatic carbocycles. The number of carbonyl (C=O) groups excluding carboxylic acids is 1. The lowest BCUT2D eigenvalue weighted by molar-refractivity contribution is 0.102. The highest BCUT2D eigenvalue weighted by molar-refractivity contribution is 6.15. The highest BCUT2D eigenvalue weighted by Gasteiger charge is 2.25. The highest BCUT2D eigenvalue weighted by atomic mass is 16.5. The molecule has 0 aliphatic carbocycles. The molecule has 0 spiro atoms. The van der Waals surface area contributed by atoms with Gasteiger partial charge in [0.1, 0.15) is 34.1 Å². The van der Waals surface area contributed by atoms with Gasteiger partial charge in [-0.2, -0.15) is 0 Å². The van der Waals surface area contributed by atoms with Crippen molar-refractivity contribution < 1.29 is 24.5 Å². The van der Waals surface area contributed by atoms with Crippen molar-refractivity contribution in [1.82, 2.24) is 0 Å². The molecule has 0 atom stereocenters. The Hall–Kier alpha value is -2.69. The number of unbranched alkanes of at least 4 members (excludes halogenated alkanes) is 2. The summed E-state index contributed by atoms with van der Waals surface area (Å²) in [6.07, 6.45) is 3.59. The fraction of sp³-hybridized carbons (Fsp3) is 0.381. The number of ether oxygens (including phenoxy) is 2. The first-order chi connectivity index (χ1) is 12.6. The van der Waals surface area contributed by atoms with E-state index in [4.69, 9.17) is 9.47 Å². The summed E-state index contributed by atoms with van der Waals surface area (Å²) >= 11 is 0. The zero-order valence-electron chi connectivity index (χ0n) is 15.3. The zero-order chi connectivity index (χ0) is 18.9. The summed E-state index contributed by atoms with van der Waals surface area (Å²) in [6, 6.07) is 9.38. The maximum absolute atomic E-state index is 13.1. The van der Waals surface area contributed by atoms with Gasteiger partial charge in [0.05, 0.1) is 13.2 Å². The number of aromatic hydroxyl groups is 2. The molecule has 0 aromatic heterocycles. The van der Waals surface area contributed by atoms with E-state index in [0.29, 0.717) is 24.7 Å². The predicted molar refractivity (Wildman–Crippen MR) is 100 cm³/mol. The van der Waals surface area contributed by atoms with Crippen LogP contribution < -0.4 is 9.47 Å². The first-order valence-electron chi connectivity index (χ1n) is 9.04. The van der Waals surface area contributed by atoms with Crippen LogP contribution >= 0.6 is 0 Å². The molecule has 140 valence electrons. The number of phenols is 2. The molecule has 5 heteroatoms. The Morgan fingerprint density at radius 3 is 1.62 bits per heavy atom. The van der Waals surface area contributed by atoms with Gasteiger partial charge >= 0.3 is 0 Å². The number of carbonyl (C=O) groups is 1. The lowest BCUT2D eigenvalue weighted by atomic mass is 9.99. The average molecular weight is 358 g/mol. The van der Waals surface area contributed by atoms with Gasteiger partial charge in [-0.3, -0.25) is 4.79 Å². The standard InChI is InChI=1S/C21H26O5/c1-3-5-13-25-17-11-7-9-15(22)19(17)21(24)20-16(23)10-8-12-18(20)26-14-6-4-2/h7-12,22-23H,3-6,13-14H2,1-2H3. The van der Waals surface area contributed by atoms with Crippen LogP contribution in [0.5, 0.6) is 23.0 Å². The Balaban J connectivity index is 2.40. The van der Waals surface area contributed by atoms with Crippen molar-refractivity contribution in [2.24, 2.45) is 0 Å². The number of hydrogen-bond donors (Lipinski definition) is 2. The second kappa shape index (κ2) is 9.70. The third-order valence-electron chi connectivity index (χ3n) is 3.97. The van der Waals surface area contributed by atoms with E-state index in [1.807, 2.05) is 13.8 Å². The smallest absolute Gasteiger partial charge is 0.207 e. The van der Waals surface area contributed by atoms with Gasteiger partial charge in [-0.25, -0.2) is 0 Å². The molecule has 2 rings (SSSR count). The summed E-state index contributed by atoms with van der Waals surface area (Å²) in [6.45, 7) is 4.97. The van der Waals surface area contributed by atoms with Gasteiger partial charge in [0.15, 0.2) is 0 Å². The van der Waals surface area contributed by atoms with Gasteiger partial charge in [0, 0.05) is 0 Å². The fourth-order valence-electron chi connectivity index (χ4n) is 2.51. The van der Waals surface area contributed by atoms with Gasteiger partial charge in [-0.15, -0.1) is 0 Å². The zero-order valence-corrected chi connectivity index (χ0v) is 15.3. The maximum atomic E-state index is 13.1. The van der Waals surface area contributed by atoms with E-state index in [1.54, 1.807) is 24.3 Å². The molecule has 0 fully saturated rings. The molecular weight excluding hydrogens is 332 g/mol. The molecular formula is C21H26O5. The summed E-state index contributed by atoms with van der Waals surface area (Å²) < 4.78 is 11.4. The molecule has 26 heavy (non-hydrogen) atoms. The molecule has 0 saturated carbocycles. The first kappa shape index (κ1) is 19.6. The molecule has 0 saturated heterocycles. The lowest BCUT2D eigenvalue weighted by Crippen LogP contribution is -2.10. The molecule has 5 nitrogen and oxygen atoms in total. The number of rotatable bonds is 10. The van der Waals surface area contributed by atoms with Crippen LogP contribution in [0.3, 0.4) is 0 Å². The number of ketones is 1. The van der Waals surface area contributed by atoms with Gasteiger partial charge in [-0.1, -0.05) is 38.8 Å². The van der Waals surface area contributed by atoms with Crippen LogP contribution in [0, 0.1) is 0 Å². The first-order valence-corrected chi connectivity index (χ1v) is 9.04. The van der Waals surface area contributed by atoms with Gasteiger partial charge in [0.2, 0.25) is 5.78 Å². The van der Waals surface area contributed by atoms with Gasteiger partial charge in [-0.05, 0) is 37.1 Å². The van der Waals surface area contributed by atoms with E-state index in [0.717, 1.165) is 25.7 Å². The van der Waals surface area contributed by atoms with E-state index >= 15 is 0 Å². The van der Waals surface area contributed by atoms with Crippen LogP contribution in [-0.4, -0.2) is 29.2 Å². The predicted octanol–water partition coefficient (Wildman–Crippen LogP) is 4.69. The van der Waals surface area contributed by atoms with Crippen LogP contribution in [0.2, 0.25) is 0 Å². The van der Waals surface area contributed by atoms with Crippen molar-refractivity contribution in [2.75, 3.05) is 13.2 Å². The highest BCUT2D eigenvalue weighted by Crippen LogP contribution is 2.36. The second-order valence-electron chi connectivity index (χ2n) is 6.03. The average Bonchev–Trinajstić information content (AvgIpc) is 2.62.